The van der Waals surface area contributed by atoms with Crippen molar-refractivity contribution >= 4 is 11.6 Å². The minimum absolute atomic E-state index is 0. The minimum atomic E-state index is 0. The fourth-order valence-electron chi connectivity index (χ4n) is 2.37. The van der Waals surface area contributed by atoms with E-state index >= 15 is 0 Å². The Bertz CT molecular complexity index is 414. The number of hydrogen-bond donors (Lipinski definition) is 2. The van der Waals surface area contributed by atoms with Crippen LogP contribution in [0.25, 0.3) is 0 Å². The van der Waals surface area contributed by atoms with Crippen molar-refractivity contribution in [1.29, 1.82) is 0 Å². The Hall–Kier alpha value is -1.10. The molecule has 1 aromatic carbocycles. The molecule has 5 heteroatoms. The van der Waals surface area contributed by atoms with Gasteiger partial charge in [0.1, 0.15) is 0 Å². The van der Waals surface area contributed by atoms with Crippen LogP contribution < -0.4 is 22.6 Å². The molecule has 1 aromatic rings. The van der Waals surface area contributed by atoms with E-state index in [1.165, 1.54) is 10.5 Å². The normalized spacial score (nSPS) is 16.5. The Morgan fingerprint density at radius 3 is 2.40 bits per heavy atom. The van der Waals surface area contributed by atoms with Gasteiger partial charge in [-0.15, -0.1) is 0 Å². The van der Waals surface area contributed by atoms with Gasteiger partial charge in [-0.05, 0) is 31.2 Å². The molecular weight excluding hydrogens is 274 g/mol. The molecule has 0 atom stereocenters. The lowest BCUT2D eigenvalue weighted by molar-refractivity contribution is -0.896. The van der Waals surface area contributed by atoms with Gasteiger partial charge in [0.15, 0.2) is 6.54 Å². The van der Waals surface area contributed by atoms with Crippen molar-refractivity contribution < 1.29 is 22.1 Å². The Kier molecular flexibility index (Phi) is 6.99. The second kappa shape index (κ2) is 8.25. The first-order chi connectivity index (χ1) is 9.17. The number of rotatable bonds is 4. The number of carbonyl (C=O) groups is 1. The molecule has 1 heterocycles. The predicted octanol–water partition coefficient (Wildman–Crippen LogP) is -2.98. The summed E-state index contributed by atoms with van der Waals surface area (Å²) in [5, 5.41) is 2.98. The van der Waals surface area contributed by atoms with Gasteiger partial charge in [0.25, 0.3) is 5.91 Å². The van der Waals surface area contributed by atoms with Crippen LogP contribution in [0.3, 0.4) is 0 Å². The number of anilines is 1. The number of quaternary nitrogens is 1. The second-order valence-electron chi connectivity index (χ2n) is 5.33. The van der Waals surface area contributed by atoms with Crippen LogP contribution in [0.4, 0.5) is 5.69 Å². The maximum Gasteiger partial charge on any atom is 0.279 e. The lowest BCUT2D eigenvalue weighted by Crippen LogP contribution is -3.15. The highest BCUT2D eigenvalue weighted by Crippen LogP contribution is 2.09. The van der Waals surface area contributed by atoms with Gasteiger partial charge in [-0.3, -0.25) is 9.69 Å². The van der Waals surface area contributed by atoms with Gasteiger partial charge < -0.3 is 22.6 Å². The number of nitrogens with zero attached hydrogens (tertiary/aromatic N) is 1. The van der Waals surface area contributed by atoms with E-state index in [2.05, 4.69) is 36.3 Å². The Balaban J connectivity index is 0.00000200. The van der Waals surface area contributed by atoms with Gasteiger partial charge in [-0.25, -0.2) is 0 Å². The third-order valence-electron chi connectivity index (χ3n) is 3.75. The van der Waals surface area contributed by atoms with Crippen LogP contribution in [-0.2, 0) is 11.2 Å². The second-order valence-corrected chi connectivity index (χ2v) is 5.33. The summed E-state index contributed by atoms with van der Waals surface area (Å²) in [6.45, 7) is 6.96. The quantitative estimate of drug-likeness (QED) is 0.622. The summed E-state index contributed by atoms with van der Waals surface area (Å²) in [4.78, 5) is 15.7. The van der Waals surface area contributed by atoms with Crippen LogP contribution in [-0.4, -0.2) is 50.6 Å². The molecule has 0 unspecified atom stereocenters. The Labute approximate surface area is 127 Å². The molecule has 0 radical (unpaired) electrons. The van der Waals surface area contributed by atoms with Crippen LogP contribution in [0.2, 0.25) is 0 Å². The van der Waals surface area contributed by atoms with Crippen molar-refractivity contribution in [1.82, 2.24) is 4.90 Å². The van der Waals surface area contributed by atoms with Crippen molar-refractivity contribution in [2.75, 3.05) is 45.1 Å². The molecule has 4 nitrogen and oxygen atoms in total. The van der Waals surface area contributed by atoms with Crippen molar-refractivity contribution in [3.8, 4) is 0 Å². The highest BCUT2D eigenvalue weighted by molar-refractivity contribution is 5.91. The maximum atomic E-state index is 12.0. The van der Waals surface area contributed by atoms with Crippen molar-refractivity contribution in [2.45, 2.75) is 13.3 Å². The largest absolute Gasteiger partial charge is 1.00 e. The molecule has 2 N–H and O–H groups in total. The van der Waals surface area contributed by atoms with E-state index in [0.29, 0.717) is 6.54 Å². The first-order valence-corrected chi connectivity index (χ1v) is 7.08. The standard InChI is InChI=1S/C15H23N3O.ClH/c1-3-13-4-6-14(7-5-13)16-15(19)12-18-10-8-17(2)9-11-18;/h4-7H,3,8-12H2,1-2H3,(H,16,19);1H. The molecule has 0 bridgehead atoms. The van der Waals surface area contributed by atoms with Crippen molar-refractivity contribution in [3.05, 3.63) is 29.8 Å². The summed E-state index contributed by atoms with van der Waals surface area (Å²) < 4.78 is 0. The summed E-state index contributed by atoms with van der Waals surface area (Å²) in [6, 6.07) is 8.10. The van der Waals surface area contributed by atoms with E-state index in [1.54, 1.807) is 0 Å². The Morgan fingerprint density at radius 2 is 1.85 bits per heavy atom. The van der Waals surface area contributed by atoms with Crippen LogP contribution in [0.1, 0.15) is 12.5 Å². The first kappa shape index (κ1) is 17.0. The molecular formula is C15H24ClN3O. The number of halogens is 1. The molecule has 20 heavy (non-hydrogen) atoms. The first-order valence-electron chi connectivity index (χ1n) is 7.08. The number of nitrogens with one attached hydrogen (secondary N) is 2. The predicted molar refractivity (Wildman–Crippen MR) is 77.5 cm³/mol. The van der Waals surface area contributed by atoms with Gasteiger partial charge in [0, 0.05) is 18.8 Å². The van der Waals surface area contributed by atoms with E-state index in [0.717, 1.165) is 38.3 Å². The molecule has 0 aliphatic carbocycles. The van der Waals surface area contributed by atoms with Gasteiger partial charge in [-0.2, -0.15) is 0 Å². The van der Waals surface area contributed by atoms with Gasteiger partial charge in [0.2, 0.25) is 0 Å². The fourth-order valence-corrected chi connectivity index (χ4v) is 2.37. The zero-order valence-corrected chi connectivity index (χ0v) is 13.0. The van der Waals surface area contributed by atoms with Crippen LogP contribution in [0.5, 0.6) is 0 Å². The summed E-state index contributed by atoms with van der Waals surface area (Å²) in [5.74, 6) is 0.115. The number of hydrogen-bond acceptors (Lipinski definition) is 2. The monoisotopic (exact) mass is 297 g/mol. The zero-order chi connectivity index (χ0) is 13.7. The van der Waals surface area contributed by atoms with Crippen LogP contribution in [0.15, 0.2) is 24.3 Å². The Morgan fingerprint density at radius 1 is 1.25 bits per heavy atom. The van der Waals surface area contributed by atoms with E-state index in [9.17, 15) is 4.79 Å². The molecule has 2 rings (SSSR count). The maximum absolute atomic E-state index is 12.0. The van der Waals surface area contributed by atoms with Gasteiger partial charge in [-0.1, -0.05) is 19.1 Å². The molecule has 1 aliphatic rings. The number of piperazine rings is 1. The van der Waals surface area contributed by atoms with Crippen LogP contribution in [0, 0.1) is 0 Å². The van der Waals surface area contributed by atoms with E-state index in [4.69, 9.17) is 0 Å². The van der Waals surface area contributed by atoms with E-state index in [1.807, 2.05) is 12.1 Å². The molecule has 0 saturated carbocycles. The molecule has 1 aliphatic heterocycles. The summed E-state index contributed by atoms with van der Waals surface area (Å²) in [6.07, 6.45) is 1.03. The van der Waals surface area contributed by atoms with E-state index in [-0.39, 0.29) is 18.3 Å². The average molecular weight is 298 g/mol. The third kappa shape index (κ3) is 5.12. The number of aryl methyl sites for hydroxylation is 1. The topological polar surface area (TPSA) is 36.8 Å². The summed E-state index contributed by atoms with van der Waals surface area (Å²) >= 11 is 0. The number of amides is 1. The van der Waals surface area contributed by atoms with Crippen molar-refractivity contribution in [2.24, 2.45) is 0 Å². The zero-order valence-electron chi connectivity index (χ0n) is 12.3. The lowest BCUT2D eigenvalue weighted by Gasteiger charge is -2.29. The molecule has 0 aromatic heterocycles. The van der Waals surface area contributed by atoms with Gasteiger partial charge in [0.05, 0.1) is 13.1 Å². The number of carbonyl (C=O) groups excluding carboxylic acids is 1. The highest BCUT2D eigenvalue weighted by Gasteiger charge is 2.19. The summed E-state index contributed by atoms with van der Waals surface area (Å²) in [7, 11) is 2.13. The smallest absolute Gasteiger partial charge is 0.279 e. The molecule has 112 valence electrons. The highest BCUT2D eigenvalue weighted by atomic mass is 35.5. The molecule has 0 spiro atoms. The van der Waals surface area contributed by atoms with Gasteiger partial charge >= 0.3 is 0 Å². The molecule has 1 saturated heterocycles. The fraction of sp³-hybridized carbons (Fsp3) is 0.533. The molecule has 1 fully saturated rings. The average Bonchev–Trinajstić information content (AvgIpc) is 2.42. The summed E-state index contributed by atoms with van der Waals surface area (Å²) in [5.41, 5.74) is 2.19. The number of likely N-dealkylation sites (N-methyl/N-ethyl adjacent to an activating group) is 1. The SMILES string of the molecule is CCc1ccc(NC(=O)C[NH+]2CCN(C)CC2)cc1.[Cl-]. The molecule has 1 amide bonds. The van der Waals surface area contributed by atoms with Crippen LogP contribution >= 0.6 is 0 Å². The minimum Gasteiger partial charge on any atom is -1.00 e. The van der Waals surface area contributed by atoms with E-state index < -0.39 is 0 Å². The van der Waals surface area contributed by atoms with Crippen molar-refractivity contribution in [3.63, 3.8) is 0 Å². The lowest BCUT2D eigenvalue weighted by atomic mass is 10.1. The third-order valence-corrected chi connectivity index (χ3v) is 3.75. The number of benzene rings is 1.